The second-order valence-electron chi connectivity index (χ2n) is 7.18. The molecule has 3 aromatic rings. The van der Waals surface area contributed by atoms with Gasteiger partial charge in [0, 0.05) is 6.54 Å². The molecule has 2 aromatic carbocycles. The Kier molecular flexibility index (Phi) is 6.34. The quantitative estimate of drug-likeness (QED) is 0.549. The van der Waals surface area contributed by atoms with Gasteiger partial charge >= 0.3 is 0 Å². The summed E-state index contributed by atoms with van der Waals surface area (Å²) < 4.78 is 14.8. The molecule has 0 N–H and O–H groups in total. The second-order valence-corrected chi connectivity index (χ2v) is 7.55. The summed E-state index contributed by atoms with van der Waals surface area (Å²) in [7, 11) is 5.31. The number of methoxy groups -OCH3 is 2. The molecule has 7 nitrogen and oxygen atoms in total. The van der Waals surface area contributed by atoms with Gasteiger partial charge in [-0.2, -0.15) is 4.68 Å². The molecule has 0 bridgehead atoms. The summed E-state index contributed by atoms with van der Waals surface area (Å²) in [6.07, 6.45) is 0. The van der Waals surface area contributed by atoms with Gasteiger partial charge in [-0.3, -0.25) is 4.90 Å². The smallest absolute Gasteiger partial charge is 0.221 e. The summed E-state index contributed by atoms with van der Waals surface area (Å²) in [4.78, 5) is 2.13. The lowest BCUT2D eigenvalue weighted by molar-refractivity contribution is 0.241. The van der Waals surface area contributed by atoms with Crippen LogP contribution in [-0.4, -0.2) is 46.0 Å². The lowest BCUT2D eigenvalue weighted by Crippen LogP contribution is -2.23. The Labute approximate surface area is 176 Å². The molecular formula is C21H27N5O2S. The van der Waals surface area contributed by atoms with Crippen molar-refractivity contribution in [1.29, 1.82) is 0 Å². The van der Waals surface area contributed by atoms with Gasteiger partial charge in [-0.1, -0.05) is 12.1 Å². The van der Waals surface area contributed by atoms with E-state index in [0.717, 1.165) is 33.9 Å². The average molecular weight is 414 g/mol. The summed E-state index contributed by atoms with van der Waals surface area (Å²) in [6.45, 7) is 7.44. The Morgan fingerprint density at radius 3 is 2.38 bits per heavy atom. The van der Waals surface area contributed by atoms with Gasteiger partial charge < -0.3 is 9.47 Å². The van der Waals surface area contributed by atoms with E-state index in [1.165, 1.54) is 5.56 Å². The number of aryl methyl sites for hydroxylation is 2. The Morgan fingerprint density at radius 2 is 1.69 bits per heavy atom. The molecule has 0 fully saturated rings. The number of aromatic nitrogens is 4. The monoisotopic (exact) mass is 413 g/mol. The van der Waals surface area contributed by atoms with Crippen LogP contribution in [0.4, 0.5) is 0 Å². The van der Waals surface area contributed by atoms with Gasteiger partial charge in [0.2, 0.25) is 4.77 Å². The predicted octanol–water partition coefficient (Wildman–Crippen LogP) is 3.83. The van der Waals surface area contributed by atoms with E-state index in [1.807, 2.05) is 31.3 Å². The van der Waals surface area contributed by atoms with Gasteiger partial charge in [-0.25, -0.2) is 4.68 Å². The van der Waals surface area contributed by atoms with Crippen LogP contribution >= 0.6 is 12.2 Å². The van der Waals surface area contributed by atoms with Crippen LogP contribution in [0.5, 0.6) is 11.5 Å². The van der Waals surface area contributed by atoms with Crippen LogP contribution in [0.15, 0.2) is 30.3 Å². The van der Waals surface area contributed by atoms with E-state index in [4.69, 9.17) is 21.7 Å². The van der Waals surface area contributed by atoms with Crippen LogP contribution in [0.25, 0.3) is 5.69 Å². The van der Waals surface area contributed by atoms with Gasteiger partial charge in [-0.05, 0) is 90.9 Å². The molecule has 0 radical (unpaired) electrons. The molecule has 0 unspecified atom stereocenters. The SMILES string of the molecule is COc1cc(C)c(CN(C)Cn2nnn(-c3cccc(C)c3C)c2=S)cc1OC. The highest BCUT2D eigenvalue weighted by atomic mass is 32.1. The highest BCUT2D eigenvalue weighted by molar-refractivity contribution is 7.71. The zero-order chi connectivity index (χ0) is 21.1. The van der Waals surface area contributed by atoms with Crippen LogP contribution in [0.3, 0.4) is 0 Å². The normalized spacial score (nSPS) is 11.1. The van der Waals surface area contributed by atoms with Crippen molar-refractivity contribution in [2.24, 2.45) is 0 Å². The molecule has 8 heteroatoms. The molecule has 0 aliphatic rings. The van der Waals surface area contributed by atoms with Crippen LogP contribution in [0.1, 0.15) is 22.3 Å². The van der Waals surface area contributed by atoms with Crippen molar-refractivity contribution in [3.63, 3.8) is 0 Å². The minimum atomic E-state index is 0.525. The molecule has 154 valence electrons. The number of tetrazole rings is 1. The first-order valence-corrected chi connectivity index (χ1v) is 9.76. The minimum absolute atomic E-state index is 0.525. The maximum Gasteiger partial charge on any atom is 0.221 e. The van der Waals surface area contributed by atoms with Gasteiger partial charge in [0.05, 0.1) is 26.6 Å². The van der Waals surface area contributed by atoms with Gasteiger partial charge in [0.25, 0.3) is 0 Å². The third kappa shape index (κ3) is 4.33. The molecule has 3 rings (SSSR count). The Hall–Kier alpha value is -2.71. The van der Waals surface area contributed by atoms with Crippen molar-refractivity contribution in [1.82, 2.24) is 24.7 Å². The fourth-order valence-electron chi connectivity index (χ4n) is 3.24. The molecule has 0 saturated heterocycles. The van der Waals surface area contributed by atoms with E-state index in [1.54, 1.807) is 23.6 Å². The first kappa shape index (κ1) is 21.0. The first-order valence-electron chi connectivity index (χ1n) is 9.35. The van der Waals surface area contributed by atoms with E-state index in [-0.39, 0.29) is 0 Å². The Bertz CT molecular complexity index is 1070. The zero-order valence-corrected chi connectivity index (χ0v) is 18.6. The fourth-order valence-corrected chi connectivity index (χ4v) is 3.47. The van der Waals surface area contributed by atoms with Crippen LogP contribution in [0, 0.1) is 25.5 Å². The molecule has 0 atom stereocenters. The molecule has 0 aliphatic heterocycles. The van der Waals surface area contributed by atoms with Crippen LogP contribution < -0.4 is 9.47 Å². The number of hydrogen-bond donors (Lipinski definition) is 0. The fraction of sp³-hybridized carbons (Fsp3) is 0.381. The molecule has 0 amide bonds. The summed E-state index contributed by atoms with van der Waals surface area (Å²) in [5.41, 5.74) is 5.58. The summed E-state index contributed by atoms with van der Waals surface area (Å²) in [5.74, 6) is 1.45. The number of hydrogen-bond acceptors (Lipinski definition) is 6. The lowest BCUT2D eigenvalue weighted by atomic mass is 10.1. The standard InChI is InChI=1S/C21H27N5O2S/c1-14-8-7-9-18(16(14)3)26-21(29)25(22-23-26)13-24(4)12-17-11-20(28-6)19(27-5)10-15(17)2/h7-11H,12-13H2,1-6H3. The van der Waals surface area contributed by atoms with Gasteiger partial charge in [0.1, 0.15) is 0 Å². The zero-order valence-electron chi connectivity index (χ0n) is 17.8. The summed E-state index contributed by atoms with van der Waals surface area (Å²) in [6, 6.07) is 10.1. The maximum atomic E-state index is 5.63. The van der Waals surface area contributed by atoms with E-state index in [9.17, 15) is 0 Å². The maximum absolute atomic E-state index is 5.63. The first-order chi connectivity index (χ1) is 13.8. The number of nitrogens with zero attached hydrogens (tertiary/aromatic N) is 5. The average Bonchev–Trinajstić information content (AvgIpc) is 3.05. The molecule has 1 heterocycles. The number of benzene rings is 2. The van der Waals surface area contributed by atoms with E-state index in [2.05, 4.69) is 42.2 Å². The Balaban J connectivity index is 1.81. The largest absolute Gasteiger partial charge is 0.493 e. The summed E-state index contributed by atoms with van der Waals surface area (Å²) in [5, 5.41) is 8.55. The molecule has 29 heavy (non-hydrogen) atoms. The molecular weight excluding hydrogens is 386 g/mol. The molecule has 0 aliphatic carbocycles. The highest BCUT2D eigenvalue weighted by Gasteiger charge is 2.13. The minimum Gasteiger partial charge on any atom is -0.493 e. The topological polar surface area (TPSA) is 57.3 Å². The van der Waals surface area contributed by atoms with Gasteiger partial charge in [0.15, 0.2) is 11.5 Å². The third-order valence-corrected chi connectivity index (χ3v) is 5.49. The van der Waals surface area contributed by atoms with Crippen LogP contribution in [-0.2, 0) is 13.2 Å². The lowest BCUT2D eigenvalue weighted by Gasteiger charge is -2.19. The number of ether oxygens (including phenoxy) is 2. The van der Waals surface area contributed by atoms with E-state index < -0.39 is 0 Å². The van der Waals surface area contributed by atoms with Crippen molar-refractivity contribution in [2.75, 3.05) is 21.3 Å². The third-order valence-electron chi connectivity index (χ3n) is 5.10. The van der Waals surface area contributed by atoms with Crippen molar-refractivity contribution >= 4 is 12.2 Å². The van der Waals surface area contributed by atoms with Crippen molar-refractivity contribution < 1.29 is 9.47 Å². The van der Waals surface area contributed by atoms with Crippen LogP contribution in [0.2, 0.25) is 0 Å². The van der Waals surface area contributed by atoms with Crippen molar-refractivity contribution in [3.8, 4) is 17.2 Å². The Morgan fingerprint density at radius 1 is 1.00 bits per heavy atom. The van der Waals surface area contributed by atoms with E-state index >= 15 is 0 Å². The predicted molar refractivity (Wildman–Crippen MR) is 115 cm³/mol. The second kappa shape index (κ2) is 8.75. The van der Waals surface area contributed by atoms with Crippen molar-refractivity contribution in [2.45, 2.75) is 34.0 Å². The molecule has 0 spiro atoms. The van der Waals surface area contributed by atoms with Gasteiger partial charge in [-0.15, -0.1) is 0 Å². The molecule has 0 saturated carbocycles. The van der Waals surface area contributed by atoms with E-state index in [0.29, 0.717) is 18.0 Å². The van der Waals surface area contributed by atoms with Crippen molar-refractivity contribution in [3.05, 3.63) is 57.4 Å². The highest BCUT2D eigenvalue weighted by Crippen LogP contribution is 2.30. The summed E-state index contributed by atoms with van der Waals surface area (Å²) >= 11 is 5.63. The number of rotatable bonds is 7. The molecule has 1 aromatic heterocycles.